The molecule has 138 valence electrons. The Labute approximate surface area is 154 Å². The molecule has 0 spiro atoms. The number of fused-ring (bicyclic) bond motifs is 1. The van der Waals surface area contributed by atoms with E-state index in [4.69, 9.17) is 0 Å². The van der Waals surface area contributed by atoms with Crippen LogP contribution in [0.3, 0.4) is 0 Å². The molecule has 1 unspecified atom stereocenters. The fourth-order valence-electron chi connectivity index (χ4n) is 3.95. The van der Waals surface area contributed by atoms with Crippen LogP contribution in [-0.4, -0.2) is 20.9 Å². The predicted octanol–water partition coefficient (Wildman–Crippen LogP) is 3.00. The molecule has 3 aromatic rings. The number of rotatable bonds is 3. The zero-order valence-corrected chi connectivity index (χ0v) is 14.5. The maximum Gasteiger partial charge on any atom is 0.254 e. The Hall–Kier alpha value is -3.06. The van der Waals surface area contributed by atoms with Crippen molar-refractivity contribution in [3.05, 3.63) is 82.7 Å². The molecule has 0 radical (unpaired) electrons. The van der Waals surface area contributed by atoms with Crippen LogP contribution >= 0.6 is 0 Å². The van der Waals surface area contributed by atoms with Crippen LogP contribution in [0.1, 0.15) is 22.4 Å². The number of halogens is 2. The van der Waals surface area contributed by atoms with Crippen molar-refractivity contribution in [2.45, 2.75) is 25.2 Å². The normalized spacial score (nSPS) is 18.4. The molecular weight excluding hydrogens is 352 g/mol. The maximum absolute atomic E-state index is 14.2. The van der Waals surface area contributed by atoms with Gasteiger partial charge in [0.25, 0.3) is 5.91 Å². The molecule has 2 aromatic carbocycles. The summed E-state index contributed by atoms with van der Waals surface area (Å²) in [7, 11) is 0. The number of para-hydroxylation sites is 1. The van der Waals surface area contributed by atoms with E-state index in [9.17, 15) is 18.8 Å². The molecule has 0 bridgehead atoms. The Morgan fingerprint density at radius 3 is 2.63 bits per heavy atom. The maximum atomic E-state index is 14.2. The van der Waals surface area contributed by atoms with E-state index < -0.39 is 23.0 Å². The lowest BCUT2D eigenvalue weighted by atomic mass is 9.75. The fourth-order valence-corrected chi connectivity index (χ4v) is 3.95. The number of carbonyl (C=O) groups excluding carboxylic acids is 1. The molecule has 4 rings (SSSR count). The van der Waals surface area contributed by atoms with E-state index in [1.165, 1.54) is 22.9 Å². The zero-order chi connectivity index (χ0) is 19.2. The first kappa shape index (κ1) is 17.4. The van der Waals surface area contributed by atoms with Gasteiger partial charge in [-0.2, -0.15) is 5.10 Å². The van der Waals surface area contributed by atoms with Gasteiger partial charge in [-0.1, -0.05) is 24.3 Å². The summed E-state index contributed by atoms with van der Waals surface area (Å²) in [5.74, 6) is -1.49. The minimum atomic E-state index is -1.19. The highest BCUT2D eigenvalue weighted by Crippen LogP contribution is 2.42. The number of aromatic nitrogens is 2. The summed E-state index contributed by atoms with van der Waals surface area (Å²) in [5.41, 5.74) is 3.05. The molecule has 1 aliphatic rings. The highest BCUT2D eigenvalue weighted by atomic mass is 19.1. The van der Waals surface area contributed by atoms with Gasteiger partial charge in [0.1, 0.15) is 17.3 Å². The van der Waals surface area contributed by atoms with E-state index in [0.29, 0.717) is 16.8 Å². The van der Waals surface area contributed by atoms with Gasteiger partial charge in [-0.15, -0.1) is 0 Å². The van der Waals surface area contributed by atoms with Crippen LogP contribution in [0.2, 0.25) is 0 Å². The van der Waals surface area contributed by atoms with Gasteiger partial charge in [-0.3, -0.25) is 10.0 Å². The van der Waals surface area contributed by atoms with Gasteiger partial charge in [-0.25, -0.2) is 18.9 Å². The summed E-state index contributed by atoms with van der Waals surface area (Å²) >= 11 is 0. The van der Waals surface area contributed by atoms with Crippen LogP contribution in [0.15, 0.2) is 48.7 Å². The van der Waals surface area contributed by atoms with Gasteiger partial charge in [0, 0.05) is 12.1 Å². The lowest BCUT2D eigenvalue weighted by molar-refractivity contribution is -0.135. The number of carbonyl (C=O) groups is 1. The smallest absolute Gasteiger partial charge is 0.254 e. The quantitative estimate of drug-likeness (QED) is 0.551. The van der Waals surface area contributed by atoms with Gasteiger partial charge in [0.15, 0.2) is 0 Å². The molecule has 1 aliphatic carbocycles. The van der Waals surface area contributed by atoms with Crippen molar-refractivity contribution in [3.63, 3.8) is 0 Å². The number of amides is 1. The van der Waals surface area contributed by atoms with E-state index in [1.54, 1.807) is 42.9 Å². The Kier molecular flexibility index (Phi) is 4.04. The monoisotopic (exact) mass is 369 g/mol. The van der Waals surface area contributed by atoms with E-state index in [2.05, 4.69) is 5.10 Å². The summed E-state index contributed by atoms with van der Waals surface area (Å²) in [5, 5.41) is 13.6. The molecule has 1 heterocycles. The number of hydrogen-bond acceptors (Lipinski definition) is 3. The molecular formula is C20H17F2N3O2. The van der Waals surface area contributed by atoms with Crippen molar-refractivity contribution < 1.29 is 18.8 Å². The number of hydroxylamine groups is 1. The fraction of sp³-hybridized carbons (Fsp3) is 0.200. The molecule has 7 heteroatoms. The largest absolute Gasteiger partial charge is 0.289 e. The van der Waals surface area contributed by atoms with E-state index in [-0.39, 0.29) is 18.5 Å². The first-order valence-corrected chi connectivity index (χ1v) is 8.49. The van der Waals surface area contributed by atoms with Crippen molar-refractivity contribution in [2.75, 3.05) is 0 Å². The molecule has 27 heavy (non-hydrogen) atoms. The van der Waals surface area contributed by atoms with Gasteiger partial charge in [0.05, 0.1) is 11.6 Å². The topological polar surface area (TPSA) is 67.2 Å². The number of benzene rings is 2. The van der Waals surface area contributed by atoms with Crippen molar-refractivity contribution in [1.29, 1.82) is 0 Å². The second kappa shape index (κ2) is 6.28. The van der Waals surface area contributed by atoms with E-state index in [1.807, 2.05) is 0 Å². The SMILES string of the molecule is Cc1c(F)cccc1C1(C(=O)NO)Cc2cnn(-c3ccccc3F)c2C1. The van der Waals surface area contributed by atoms with Crippen LogP contribution in [0.25, 0.3) is 5.69 Å². The second-order valence-corrected chi connectivity index (χ2v) is 6.77. The van der Waals surface area contributed by atoms with Crippen LogP contribution in [0.4, 0.5) is 8.78 Å². The average Bonchev–Trinajstić information content (AvgIpc) is 3.22. The van der Waals surface area contributed by atoms with Gasteiger partial charge in [0.2, 0.25) is 0 Å². The zero-order valence-electron chi connectivity index (χ0n) is 14.5. The van der Waals surface area contributed by atoms with Crippen LogP contribution < -0.4 is 5.48 Å². The summed E-state index contributed by atoms with van der Waals surface area (Å²) in [4.78, 5) is 12.7. The summed E-state index contributed by atoms with van der Waals surface area (Å²) in [6, 6.07) is 10.8. The molecule has 1 aromatic heterocycles. The predicted molar refractivity (Wildman–Crippen MR) is 93.7 cm³/mol. The highest BCUT2D eigenvalue weighted by molar-refractivity contribution is 5.89. The standard InChI is InChI=1S/C20H17F2N3O2/c1-12-14(5-4-7-15(12)21)20(19(26)24-27)9-13-11-23-25(18(13)10-20)17-8-3-2-6-16(17)22/h2-8,11,27H,9-10H2,1H3,(H,24,26). The lowest BCUT2D eigenvalue weighted by Gasteiger charge is -2.29. The summed E-state index contributed by atoms with van der Waals surface area (Å²) in [6.07, 6.45) is 1.98. The molecule has 0 saturated heterocycles. The molecule has 2 N–H and O–H groups in total. The molecule has 0 aliphatic heterocycles. The minimum absolute atomic E-state index is 0.160. The number of nitrogens with one attached hydrogen (secondary N) is 1. The van der Waals surface area contributed by atoms with Gasteiger partial charge >= 0.3 is 0 Å². The van der Waals surface area contributed by atoms with Gasteiger partial charge < -0.3 is 0 Å². The van der Waals surface area contributed by atoms with Crippen molar-refractivity contribution in [2.24, 2.45) is 0 Å². The summed E-state index contributed by atoms with van der Waals surface area (Å²) in [6.45, 7) is 1.60. The second-order valence-electron chi connectivity index (χ2n) is 6.77. The molecule has 1 atom stereocenters. The summed E-state index contributed by atoms with van der Waals surface area (Å²) < 4.78 is 29.9. The molecule has 0 fully saturated rings. The van der Waals surface area contributed by atoms with Gasteiger partial charge in [-0.05, 0) is 48.2 Å². The highest BCUT2D eigenvalue weighted by Gasteiger charge is 2.48. The van der Waals surface area contributed by atoms with Crippen molar-refractivity contribution in [1.82, 2.24) is 15.3 Å². The molecule has 0 saturated carbocycles. The third-order valence-corrected chi connectivity index (χ3v) is 5.32. The Morgan fingerprint density at radius 1 is 1.15 bits per heavy atom. The first-order chi connectivity index (χ1) is 13.0. The molecule has 1 amide bonds. The lowest BCUT2D eigenvalue weighted by Crippen LogP contribution is -2.45. The van der Waals surface area contributed by atoms with Crippen molar-refractivity contribution in [3.8, 4) is 5.69 Å². The van der Waals surface area contributed by atoms with Crippen LogP contribution in [-0.2, 0) is 23.1 Å². The Balaban J connectivity index is 1.86. The molecule has 5 nitrogen and oxygen atoms in total. The number of hydrogen-bond donors (Lipinski definition) is 2. The van der Waals surface area contributed by atoms with Crippen LogP contribution in [0.5, 0.6) is 0 Å². The Bertz CT molecular complexity index is 1050. The third-order valence-electron chi connectivity index (χ3n) is 5.32. The Morgan fingerprint density at radius 2 is 1.89 bits per heavy atom. The number of nitrogens with zero attached hydrogens (tertiary/aromatic N) is 2. The van der Waals surface area contributed by atoms with Crippen LogP contribution in [0, 0.1) is 18.6 Å². The average molecular weight is 369 g/mol. The van der Waals surface area contributed by atoms with Crippen molar-refractivity contribution >= 4 is 5.91 Å². The van der Waals surface area contributed by atoms with E-state index in [0.717, 1.165) is 5.56 Å². The minimum Gasteiger partial charge on any atom is -0.289 e. The first-order valence-electron chi connectivity index (χ1n) is 8.49. The van der Waals surface area contributed by atoms with E-state index >= 15 is 0 Å². The third kappa shape index (κ3) is 2.54.